The second kappa shape index (κ2) is 8.76. The number of piperidine rings is 1. The molecule has 3 heterocycles. The van der Waals surface area contributed by atoms with Crippen molar-refractivity contribution in [3.8, 4) is 11.3 Å². The molecule has 0 aliphatic carbocycles. The van der Waals surface area contributed by atoms with E-state index < -0.39 is 5.60 Å². The standard InChI is InChI=1S/C24H30FN5O2/c1-5-15-12-27-22(28-16-8-7-11-30(14-16)23(31)32-24(2,3)4)29-20(15)18-13-26-21-17(18)9-6-10-19(21)25/h6,9-10,12-13,16,26H,5,7-8,11,14H2,1-4H3,(H,27,28,29)/t16-/m0/s1. The van der Waals surface area contributed by atoms with Crippen molar-refractivity contribution in [3.05, 3.63) is 42.0 Å². The van der Waals surface area contributed by atoms with E-state index in [1.54, 1.807) is 17.2 Å². The van der Waals surface area contributed by atoms with Gasteiger partial charge in [-0.2, -0.15) is 0 Å². The van der Waals surface area contributed by atoms with Crippen LogP contribution in [0, 0.1) is 5.82 Å². The van der Waals surface area contributed by atoms with E-state index in [-0.39, 0.29) is 18.0 Å². The minimum Gasteiger partial charge on any atom is -0.444 e. The van der Waals surface area contributed by atoms with Gasteiger partial charge in [0.05, 0.1) is 11.2 Å². The molecule has 1 atom stereocenters. The van der Waals surface area contributed by atoms with Gasteiger partial charge in [-0.1, -0.05) is 19.1 Å². The molecule has 1 aromatic carbocycles. The molecule has 0 bridgehead atoms. The Morgan fingerprint density at radius 2 is 2.19 bits per heavy atom. The molecule has 170 valence electrons. The van der Waals surface area contributed by atoms with E-state index in [1.165, 1.54) is 6.07 Å². The average molecular weight is 440 g/mol. The molecule has 0 saturated carbocycles. The fourth-order valence-electron chi connectivity index (χ4n) is 4.05. The van der Waals surface area contributed by atoms with Crippen LogP contribution in [-0.2, 0) is 11.2 Å². The first-order valence-electron chi connectivity index (χ1n) is 11.1. The minimum absolute atomic E-state index is 0.0250. The van der Waals surface area contributed by atoms with Crippen LogP contribution in [0.15, 0.2) is 30.6 Å². The molecule has 1 amide bonds. The van der Waals surface area contributed by atoms with Crippen LogP contribution < -0.4 is 5.32 Å². The van der Waals surface area contributed by atoms with E-state index in [4.69, 9.17) is 9.72 Å². The predicted molar refractivity (Wildman–Crippen MR) is 123 cm³/mol. The highest BCUT2D eigenvalue weighted by molar-refractivity contribution is 5.95. The van der Waals surface area contributed by atoms with Gasteiger partial charge in [0, 0.05) is 42.5 Å². The normalized spacial score (nSPS) is 16.9. The molecule has 1 saturated heterocycles. The van der Waals surface area contributed by atoms with Gasteiger partial charge in [-0.25, -0.2) is 19.2 Å². The van der Waals surface area contributed by atoms with Crippen molar-refractivity contribution < 1.29 is 13.9 Å². The van der Waals surface area contributed by atoms with E-state index in [2.05, 4.69) is 15.3 Å². The van der Waals surface area contributed by atoms with Gasteiger partial charge >= 0.3 is 6.09 Å². The van der Waals surface area contributed by atoms with E-state index in [1.807, 2.05) is 40.0 Å². The van der Waals surface area contributed by atoms with Crippen LogP contribution in [0.1, 0.15) is 46.1 Å². The van der Waals surface area contributed by atoms with Crippen LogP contribution >= 0.6 is 0 Å². The number of anilines is 1. The number of rotatable bonds is 4. The Morgan fingerprint density at radius 3 is 2.94 bits per heavy atom. The summed E-state index contributed by atoms with van der Waals surface area (Å²) in [5.41, 5.74) is 2.56. The second-order valence-electron chi connectivity index (χ2n) is 9.20. The summed E-state index contributed by atoms with van der Waals surface area (Å²) in [6, 6.07) is 5.06. The minimum atomic E-state index is -0.524. The topological polar surface area (TPSA) is 83.1 Å². The molecule has 7 nitrogen and oxygen atoms in total. The van der Waals surface area contributed by atoms with Gasteiger partial charge in [-0.3, -0.25) is 0 Å². The zero-order valence-corrected chi connectivity index (χ0v) is 19.0. The quantitative estimate of drug-likeness (QED) is 0.588. The number of halogens is 1. The maximum absolute atomic E-state index is 14.2. The Balaban J connectivity index is 1.56. The first-order chi connectivity index (χ1) is 15.2. The van der Waals surface area contributed by atoms with Gasteiger partial charge in [0.2, 0.25) is 5.95 Å². The maximum Gasteiger partial charge on any atom is 0.410 e. The lowest BCUT2D eigenvalue weighted by Gasteiger charge is -2.34. The van der Waals surface area contributed by atoms with Gasteiger partial charge in [0.1, 0.15) is 11.4 Å². The number of likely N-dealkylation sites (tertiary alicyclic amines) is 1. The number of carbonyl (C=O) groups excluding carboxylic acids is 1. The molecular weight excluding hydrogens is 409 g/mol. The number of para-hydroxylation sites is 1. The lowest BCUT2D eigenvalue weighted by Crippen LogP contribution is -2.47. The van der Waals surface area contributed by atoms with Gasteiger partial charge in [0.15, 0.2) is 0 Å². The number of hydrogen-bond acceptors (Lipinski definition) is 5. The number of hydrogen-bond donors (Lipinski definition) is 2. The highest BCUT2D eigenvalue weighted by Gasteiger charge is 2.28. The number of nitrogens with zero attached hydrogens (tertiary/aromatic N) is 3. The number of aromatic amines is 1. The molecular formula is C24H30FN5O2. The van der Waals surface area contributed by atoms with Crippen molar-refractivity contribution in [3.63, 3.8) is 0 Å². The molecule has 1 fully saturated rings. The van der Waals surface area contributed by atoms with E-state index >= 15 is 0 Å². The van der Waals surface area contributed by atoms with Crippen molar-refractivity contribution in [2.75, 3.05) is 18.4 Å². The fraction of sp³-hybridized carbons (Fsp3) is 0.458. The number of amides is 1. The number of carbonyl (C=O) groups is 1. The number of aryl methyl sites for hydroxylation is 1. The van der Waals surface area contributed by atoms with Gasteiger partial charge in [-0.15, -0.1) is 0 Å². The smallest absolute Gasteiger partial charge is 0.410 e. The van der Waals surface area contributed by atoms with Gasteiger partial charge in [0.25, 0.3) is 0 Å². The van der Waals surface area contributed by atoms with Crippen LogP contribution in [0.2, 0.25) is 0 Å². The van der Waals surface area contributed by atoms with Crippen molar-refractivity contribution in [2.45, 2.75) is 58.6 Å². The average Bonchev–Trinajstić information content (AvgIpc) is 3.18. The summed E-state index contributed by atoms with van der Waals surface area (Å²) in [5, 5.41) is 4.18. The predicted octanol–water partition coefficient (Wildman–Crippen LogP) is 5.14. The number of H-pyrrole nitrogens is 1. The summed E-state index contributed by atoms with van der Waals surface area (Å²) in [7, 11) is 0. The van der Waals surface area contributed by atoms with Crippen LogP contribution in [0.5, 0.6) is 0 Å². The molecule has 0 spiro atoms. The monoisotopic (exact) mass is 439 g/mol. The molecule has 1 aliphatic heterocycles. The number of ether oxygens (including phenoxy) is 1. The summed E-state index contributed by atoms with van der Waals surface area (Å²) in [4.78, 5) is 26.5. The molecule has 3 aromatic rings. The van der Waals surface area contributed by atoms with Crippen LogP contribution in [0.25, 0.3) is 22.2 Å². The summed E-state index contributed by atoms with van der Waals surface area (Å²) >= 11 is 0. The van der Waals surface area contributed by atoms with Crippen LogP contribution in [0.3, 0.4) is 0 Å². The first-order valence-corrected chi connectivity index (χ1v) is 11.1. The van der Waals surface area contributed by atoms with Crippen LogP contribution in [-0.4, -0.2) is 50.7 Å². The highest BCUT2D eigenvalue weighted by Crippen LogP contribution is 2.31. The van der Waals surface area contributed by atoms with Crippen molar-refractivity contribution in [1.29, 1.82) is 0 Å². The number of fused-ring (bicyclic) bond motifs is 1. The molecule has 4 rings (SSSR count). The number of aromatic nitrogens is 3. The zero-order chi connectivity index (χ0) is 22.9. The third-order valence-electron chi connectivity index (χ3n) is 5.57. The SMILES string of the molecule is CCc1cnc(N[C@H]2CCCN(C(=O)OC(C)(C)C)C2)nc1-c1c[nH]c2c(F)cccc12. The third kappa shape index (κ3) is 4.69. The fourth-order valence-corrected chi connectivity index (χ4v) is 4.05. The van der Waals surface area contributed by atoms with Gasteiger partial charge < -0.3 is 19.9 Å². The molecule has 8 heteroatoms. The Hall–Kier alpha value is -3.16. The molecule has 32 heavy (non-hydrogen) atoms. The van der Waals surface area contributed by atoms with E-state index in [0.717, 1.165) is 41.5 Å². The Morgan fingerprint density at radius 1 is 1.38 bits per heavy atom. The molecule has 0 radical (unpaired) electrons. The second-order valence-corrected chi connectivity index (χ2v) is 9.20. The van der Waals surface area contributed by atoms with E-state index in [9.17, 15) is 9.18 Å². The summed E-state index contributed by atoms with van der Waals surface area (Å²) in [6.45, 7) is 8.85. The summed E-state index contributed by atoms with van der Waals surface area (Å²) < 4.78 is 19.7. The van der Waals surface area contributed by atoms with Crippen molar-refractivity contribution in [2.24, 2.45) is 0 Å². The Labute approximate surface area is 187 Å². The zero-order valence-electron chi connectivity index (χ0n) is 19.0. The highest BCUT2D eigenvalue weighted by atomic mass is 19.1. The number of benzene rings is 1. The van der Waals surface area contributed by atoms with Crippen molar-refractivity contribution >= 4 is 22.9 Å². The van der Waals surface area contributed by atoms with Gasteiger partial charge in [-0.05, 0) is 51.7 Å². The summed E-state index contributed by atoms with van der Waals surface area (Å²) in [6.07, 6.45) is 5.85. The maximum atomic E-state index is 14.2. The first kappa shape index (κ1) is 22.0. The summed E-state index contributed by atoms with van der Waals surface area (Å²) in [5.74, 6) is 0.211. The number of nitrogens with one attached hydrogen (secondary N) is 2. The molecule has 0 unspecified atom stereocenters. The lowest BCUT2D eigenvalue weighted by atomic mass is 10.0. The molecule has 2 N–H and O–H groups in total. The third-order valence-corrected chi connectivity index (χ3v) is 5.57. The van der Waals surface area contributed by atoms with Crippen LogP contribution in [0.4, 0.5) is 15.1 Å². The Kier molecular flexibility index (Phi) is 6.04. The molecule has 2 aromatic heterocycles. The Bertz CT molecular complexity index is 1120. The molecule has 1 aliphatic rings. The van der Waals surface area contributed by atoms with Crippen molar-refractivity contribution in [1.82, 2.24) is 19.9 Å². The van der Waals surface area contributed by atoms with E-state index in [0.29, 0.717) is 24.6 Å². The largest absolute Gasteiger partial charge is 0.444 e. The lowest BCUT2D eigenvalue weighted by molar-refractivity contribution is 0.0206.